The quantitative estimate of drug-likeness (QED) is 0.824. The van der Waals surface area contributed by atoms with Gasteiger partial charge in [-0.15, -0.1) is 0 Å². The molecule has 0 saturated carbocycles. The number of aromatic amines is 1. The molecule has 1 aromatic heterocycles. The predicted octanol–water partition coefficient (Wildman–Crippen LogP) is 2.44. The van der Waals surface area contributed by atoms with E-state index in [9.17, 15) is 5.11 Å². The molecule has 0 saturated heterocycles. The molecule has 2 rings (SSSR count). The maximum atomic E-state index is 10.1. The van der Waals surface area contributed by atoms with E-state index in [0.29, 0.717) is 5.82 Å². The summed E-state index contributed by atoms with van der Waals surface area (Å²) in [4.78, 5) is 6.99. The van der Waals surface area contributed by atoms with E-state index in [1.807, 2.05) is 18.2 Å². The lowest BCUT2D eigenvalue weighted by molar-refractivity contribution is 0.211. The molecule has 1 unspecified atom stereocenters. The highest BCUT2D eigenvalue weighted by Crippen LogP contribution is 2.20. The SMILES string of the molecule is CCCc1cccc(C(O)c2ncc[nH]2)c1. The Morgan fingerprint density at radius 1 is 1.44 bits per heavy atom. The van der Waals surface area contributed by atoms with Crippen LogP contribution >= 0.6 is 0 Å². The third-order valence-corrected chi connectivity index (χ3v) is 2.58. The molecule has 0 bridgehead atoms. The highest BCUT2D eigenvalue weighted by atomic mass is 16.3. The average Bonchev–Trinajstić information content (AvgIpc) is 2.82. The third kappa shape index (κ3) is 2.31. The minimum atomic E-state index is -0.660. The van der Waals surface area contributed by atoms with Crippen LogP contribution in [0.4, 0.5) is 0 Å². The van der Waals surface area contributed by atoms with Gasteiger partial charge in [0, 0.05) is 12.4 Å². The van der Waals surface area contributed by atoms with E-state index in [-0.39, 0.29) is 0 Å². The van der Waals surface area contributed by atoms with Gasteiger partial charge in [0.05, 0.1) is 0 Å². The van der Waals surface area contributed by atoms with Crippen LogP contribution in [0.1, 0.15) is 36.4 Å². The number of aliphatic hydroxyl groups is 1. The fourth-order valence-electron chi connectivity index (χ4n) is 1.79. The molecule has 1 aromatic carbocycles. The lowest BCUT2D eigenvalue weighted by atomic mass is 10.0. The van der Waals surface area contributed by atoms with Crippen LogP contribution in [0.15, 0.2) is 36.7 Å². The Kier molecular flexibility index (Phi) is 3.37. The summed E-state index contributed by atoms with van der Waals surface area (Å²) in [7, 11) is 0. The van der Waals surface area contributed by atoms with Gasteiger partial charge in [0.25, 0.3) is 0 Å². The molecule has 0 fully saturated rings. The van der Waals surface area contributed by atoms with Gasteiger partial charge < -0.3 is 10.1 Å². The predicted molar refractivity (Wildman–Crippen MR) is 63.1 cm³/mol. The number of imidazole rings is 1. The van der Waals surface area contributed by atoms with Gasteiger partial charge in [0.15, 0.2) is 0 Å². The van der Waals surface area contributed by atoms with Crippen molar-refractivity contribution in [2.45, 2.75) is 25.9 Å². The fourth-order valence-corrected chi connectivity index (χ4v) is 1.79. The van der Waals surface area contributed by atoms with Crippen LogP contribution in [-0.4, -0.2) is 15.1 Å². The van der Waals surface area contributed by atoms with E-state index in [4.69, 9.17) is 0 Å². The van der Waals surface area contributed by atoms with E-state index >= 15 is 0 Å². The zero-order valence-electron chi connectivity index (χ0n) is 9.35. The number of aliphatic hydroxyl groups excluding tert-OH is 1. The first-order valence-corrected chi connectivity index (χ1v) is 5.57. The number of hydrogen-bond donors (Lipinski definition) is 2. The highest BCUT2D eigenvalue weighted by Gasteiger charge is 2.12. The number of hydrogen-bond acceptors (Lipinski definition) is 2. The summed E-state index contributed by atoms with van der Waals surface area (Å²) in [5.74, 6) is 0.591. The van der Waals surface area contributed by atoms with Crippen molar-refractivity contribution < 1.29 is 5.11 Å². The second-order valence-corrected chi connectivity index (χ2v) is 3.87. The minimum absolute atomic E-state index is 0.591. The molecule has 1 atom stereocenters. The van der Waals surface area contributed by atoms with Gasteiger partial charge in [-0.1, -0.05) is 37.6 Å². The van der Waals surface area contributed by atoms with Gasteiger partial charge in [-0.25, -0.2) is 4.98 Å². The molecule has 3 nitrogen and oxygen atoms in total. The number of benzene rings is 1. The molecule has 2 N–H and O–H groups in total. The summed E-state index contributed by atoms with van der Waals surface area (Å²) < 4.78 is 0. The van der Waals surface area contributed by atoms with Crippen LogP contribution < -0.4 is 0 Å². The van der Waals surface area contributed by atoms with Gasteiger partial charge in [0.1, 0.15) is 11.9 Å². The maximum absolute atomic E-state index is 10.1. The van der Waals surface area contributed by atoms with Crippen LogP contribution in [0.2, 0.25) is 0 Å². The second-order valence-electron chi connectivity index (χ2n) is 3.87. The molecule has 16 heavy (non-hydrogen) atoms. The van der Waals surface area contributed by atoms with Crippen molar-refractivity contribution in [2.75, 3.05) is 0 Å². The van der Waals surface area contributed by atoms with Crippen LogP contribution in [-0.2, 0) is 6.42 Å². The van der Waals surface area contributed by atoms with Gasteiger partial charge in [-0.2, -0.15) is 0 Å². The summed E-state index contributed by atoms with van der Waals surface area (Å²) >= 11 is 0. The molecule has 1 heterocycles. The van der Waals surface area contributed by atoms with Gasteiger partial charge >= 0.3 is 0 Å². The second kappa shape index (κ2) is 4.94. The van der Waals surface area contributed by atoms with Crippen LogP contribution in [0.3, 0.4) is 0 Å². The molecule has 0 amide bonds. The van der Waals surface area contributed by atoms with Crippen molar-refractivity contribution in [3.05, 3.63) is 53.6 Å². The number of aryl methyl sites for hydroxylation is 1. The normalized spacial score (nSPS) is 12.6. The Morgan fingerprint density at radius 2 is 2.31 bits per heavy atom. The Morgan fingerprint density at radius 3 is 3.00 bits per heavy atom. The first-order chi connectivity index (χ1) is 7.81. The van der Waals surface area contributed by atoms with Crippen LogP contribution in [0, 0.1) is 0 Å². The van der Waals surface area contributed by atoms with Crippen molar-refractivity contribution >= 4 is 0 Å². The Bertz CT molecular complexity index is 437. The lowest BCUT2D eigenvalue weighted by Crippen LogP contribution is -2.02. The van der Waals surface area contributed by atoms with Crippen molar-refractivity contribution in [1.82, 2.24) is 9.97 Å². The molecule has 3 heteroatoms. The zero-order chi connectivity index (χ0) is 11.4. The first-order valence-electron chi connectivity index (χ1n) is 5.57. The van der Waals surface area contributed by atoms with Crippen LogP contribution in [0.5, 0.6) is 0 Å². The lowest BCUT2D eigenvalue weighted by Gasteiger charge is -2.09. The minimum Gasteiger partial charge on any atom is -0.380 e. The number of nitrogens with one attached hydrogen (secondary N) is 1. The topological polar surface area (TPSA) is 48.9 Å². The number of aromatic nitrogens is 2. The summed E-state index contributed by atoms with van der Waals surface area (Å²) in [6.45, 7) is 2.15. The number of nitrogens with zero attached hydrogens (tertiary/aromatic N) is 1. The summed E-state index contributed by atoms with van der Waals surface area (Å²) in [6, 6.07) is 8.03. The average molecular weight is 216 g/mol. The molecule has 2 aromatic rings. The molecular weight excluding hydrogens is 200 g/mol. The largest absolute Gasteiger partial charge is 0.380 e. The maximum Gasteiger partial charge on any atom is 0.139 e. The van der Waals surface area contributed by atoms with E-state index in [1.165, 1.54) is 5.56 Å². The van der Waals surface area contributed by atoms with Gasteiger partial charge in [-0.3, -0.25) is 0 Å². The smallest absolute Gasteiger partial charge is 0.139 e. The fraction of sp³-hybridized carbons (Fsp3) is 0.308. The van der Waals surface area contributed by atoms with Crippen molar-refractivity contribution in [1.29, 1.82) is 0 Å². The molecule has 0 aliphatic rings. The van der Waals surface area contributed by atoms with E-state index in [0.717, 1.165) is 18.4 Å². The van der Waals surface area contributed by atoms with E-state index in [1.54, 1.807) is 12.4 Å². The van der Waals surface area contributed by atoms with E-state index in [2.05, 4.69) is 23.0 Å². The highest BCUT2D eigenvalue weighted by molar-refractivity contribution is 5.28. The molecule has 84 valence electrons. The van der Waals surface area contributed by atoms with Crippen LogP contribution in [0.25, 0.3) is 0 Å². The standard InChI is InChI=1S/C13H16N2O/c1-2-4-10-5-3-6-11(9-10)12(16)13-14-7-8-15-13/h3,5-9,12,16H,2,4H2,1H3,(H,14,15). The summed E-state index contributed by atoms with van der Waals surface area (Å²) in [5.41, 5.74) is 2.14. The molecule has 0 aliphatic heterocycles. The zero-order valence-corrected chi connectivity index (χ0v) is 9.35. The summed E-state index contributed by atoms with van der Waals surface area (Å²) in [5, 5.41) is 10.1. The van der Waals surface area contributed by atoms with Crippen molar-refractivity contribution in [3.8, 4) is 0 Å². The van der Waals surface area contributed by atoms with Gasteiger partial charge in [-0.05, 0) is 17.5 Å². The van der Waals surface area contributed by atoms with Crippen molar-refractivity contribution in [3.63, 3.8) is 0 Å². The Labute approximate surface area is 95.2 Å². The molecule has 0 radical (unpaired) electrons. The number of H-pyrrole nitrogens is 1. The van der Waals surface area contributed by atoms with Crippen molar-refractivity contribution in [2.24, 2.45) is 0 Å². The Balaban J connectivity index is 2.23. The molecular formula is C13H16N2O. The molecule has 0 spiro atoms. The van der Waals surface area contributed by atoms with Gasteiger partial charge in [0.2, 0.25) is 0 Å². The van der Waals surface area contributed by atoms with E-state index < -0.39 is 6.10 Å². The molecule has 0 aliphatic carbocycles. The monoisotopic (exact) mass is 216 g/mol. The third-order valence-electron chi connectivity index (χ3n) is 2.58. The Hall–Kier alpha value is -1.61. The summed E-state index contributed by atoms with van der Waals surface area (Å²) in [6.07, 6.45) is 4.86. The first kappa shape index (κ1) is 10.9. The number of rotatable bonds is 4.